The van der Waals surface area contributed by atoms with E-state index in [-0.39, 0.29) is 11.8 Å². The highest BCUT2D eigenvalue weighted by atomic mass is 16.3. The molecule has 1 unspecified atom stereocenters. The van der Waals surface area contributed by atoms with Crippen molar-refractivity contribution in [2.75, 3.05) is 11.4 Å². The summed E-state index contributed by atoms with van der Waals surface area (Å²) in [5, 5.41) is 10.0. The Morgan fingerprint density at radius 3 is 2.41 bits per heavy atom. The van der Waals surface area contributed by atoms with Crippen molar-refractivity contribution in [2.45, 2.75) is 19.4 Å². The highest BCUT2D eigenvalue weighted by Crippen LogP contribution is 2.34. The van der Waals surface area contributed by atoms with Crippen molar-refractivity contribution in [1.29, 1.82) is 0 Å². The van der Waals surface area contributed by atoms with Crippen LogP contribution in [-0.4, -0.2) is 23.2 Å². The topological polar surface area (TPSA) is 40.5 Å². The van der Waals surface area contributed by atoms with E-state index in [0.717, 1.165) is 5.69 Å². The van der Waals surface area contributed by atoms with Crippen molar-refractivity contribution in [3.05, 3.63) is 42.5 Å². The lowest BCUT2D eigenvalue weighted by atomic mass is 9.87. The van der Waals surface area contributed by atoms with Gasteiger partial charge >= 0.3 is 0 Å². The fourth-order valence-electron chi connectivity index (χ4n) is 2.18. The van der Waals surface area contributed by atoms with Gasteiger partial charge in [0, 0.05) is 23.7 Å². The Morgan fingerprint density at radius 2 is 1.94 bits per heavy atom. The van der Waals surface area contributed by atoms with Gasteiger partial charge in [-0.15, -0.1) is 0 Å². The number of hydrogen-bond acceptors (Lipinski definition) is 2. The molecule has 1 aromatic carbocycles. The van der Waals surface area contributed by atoms with Crippen LogP contribution in [0.25, 0.3) is 0 Å². The number of amides is 1. The molecule has 0 aliphatic carbocycles. The van der Waals surface area contributed by atoms with E-state index in [4.69, 9.17) is 0 Å². The lowest BCUT2D eigenvalue weighted by Gasteiger charge is -2.25. The van der Waals surface area contributed by atoms with Gasteiger partial charge in [0.15, 0.2) is 0 Å². The van der Waals surface area contributed by atoms with Crippen LogP contribution in [0.5, 0.6) is 0 Å². The maximum Gasteiger partial charge on any atom is 0.254 e. The Hall–Kier alpha value is -1.61. The first kappa shape index (κ1) is 11.9. The zero-order valence-electron chi connectivity index (χ0n) is 10.2. The second-order valence-corrected chi connectivity index (χ2v) is 4.98. The van der Waals surface area contributed by atoms with E-state index in [0.29, 0.717) is 12.1 Å². The third kappa shape index (κ3) is 2.11. The summed E-state index contributed by atoms with van der Waals surface area (Å²) in [6.45, 7) is 7.72. The zero-order chi connectivity index (χ0) is 12.6. The van der Waals surface area contributed by atoms with Crippen LogP contribution >= 0.6 is 0 Å². The summed E-state index contributed by atoms with van der Waals surface area (Å²) >= 11 is 0. The number of benzene rings is 1. The summed E-state index contributed by atoms with van der Waals surface area (Å²) in [6, 6.07) is 9.47. The van der Waals surface area contributed by atoms with Gasteiger partial charge in [-0.1, -0.05) is 24.8 Å². The van der Waals surface area contributed by atoms with Crippen LogP contribution in [0.15, 0.2) is 42.5 Å². The molecule has 0 spiro atoms. The molecule has 1 aliphatic heterocycles. The normalized spacial score (nSPS) is 21.1. The summed E-state index contributed by atoms with van der Waals surface area (Å²) in [5.41, 5.74) is 0.419. The fourth-order valence-corrected chi connectivity index (χ4v) is 2.18. The Kier molecular flexibility index (Phi) is 2.79. The molecule has 1 aromatic rings. The standard InChI is InChI=1S/C14H17NO2/c1-10-12(14(2,3)17)9-15(13(10)16)11-7-5-4-6-8-11/h4-8,12,17H,1,9H2,2-3H3. The van der Waals surface area contributed by atoms with Gasteiger partial charge < -0.3 is 10.0 Å². The summed E-state index contributed by atoms with van der Waals surface area (Å²) in [5.74, 6) is -0.307. The van der Waals surface area contributed by atoms with Gasteiger partial charge in [-0.25, -0.2) is 0 Å². The molecule has 0 aromatic heterocycles. The number of rotatable bonds is 2. The fraction of sp³-hybridized carbons (Fsp3) is 0.357. The first-order valence-corrected chi connectivity index (χ1v) is 5.69. The zero-order valence-corrected chi connectivity index (χ0v) is 10.2. The minimum Gasteiger partial charge on any atom is -0.390 e. The van der Waals surface area contributed by atoms with Crippen molar-refractivity contribution in [3.8, 4) is 0 Å². The SMILES string of the molecule is C=C1C(=O)N(c2ccccc2)CC1C(C)(C)O. The monoisotopic (exact) mass is 231 g/mol. The average Bonchev–Trinajstić information content (AvgIpc) is 2.57. The van der Waals surface area contributed by atoms with E-state index in [1.54, 1.807) is 18.7 Å². The van der Waals surface area contributed by atoms with E-state index < -0.39 is 5.60 Å². The third-order valence-corrected chi connectivity index (χ3v) is 3.23. The minimum atomic E-state index is -0.920. The second kappa shape index (κ2) is 4.00. The van der Waals surface area contributed by atoms with Crippen molar-refractivity contribution in [1.82, 2.24) is 0 Å². The molecule has 0 bridgehead atoms. The quantitative estimate of drug-likeness (QED) is 0.791. The summed E-state index contributed by atoms with van der Waals surface area (Å²) in [7, 11) is 0. The van der Waals surface area contributed by atoms with Crippen LogP contribution in [0, 0.1) is 5.92 Å². The Morgan fingerprint density at radius 1 is 1.35 bits per heavy atom. The van der Waals surface area contributed by atoms with E-state index in [9.17, 15) is 9.90 Å². The molecule has 1 heterocycles. The summed E-state index contributed by atoms with van der Waals surface area (Å²) < 4.78 is 0. The molecule has 0 saturated carbocycles. The molecule has 1 aliphatic rings. The Labute approximate surface area is 101 Å². The molecular formula is C14H17NO2. The molecule has 3 heteroatoms. The van der Waals surface area contributed by atoms with Gasteiger partial charge in [-0.3, -0.25) is 4.79 Å². The molecule has 17 heavy (non-hydrogen) atoms. The molecule has 1 atom stereocenters. The molecular weight excluding hydrogens is 214 g/mol. The predicted octanol–water partition coefficient (Wildman–Crippen LogP) is 1.98. The summed E-state index contributed by atoms with van der Waals surface area (Å²) in [6.07, 6.45) is 0. The van der Waals surface area contributed by atoms with Gasteiger partial charge in [0.1, 0.15) is 0 Å². The Balaban J connectivity index is 2.30. The average molecular weight is 231 g/mol. The van der Waals surface area contributed by atoms with Crippen LogP contribution in [0.2, 0.25) is 0 Å². The van der Waals surface area contributed by atoms with Crippen molar-refractivity contribution in [2.24, 2.45) is 5.92 Å². The van der Waals surface area contributed by atoms with Crippen molar-refractivity contribution < 1.29 is 9.90 Å². The molecule has 2 rings (SSSR count). The summed E-state index contributed by atoms with van der Waals surface area (Å²) in [4.78, 5) is 13.7. The predicted molar refractivity (Wildman–Crippen MR) is 67.7 cm³/mol. The van der Waals surface area contributed by atoms with Gasteiger partial charge in [-0.05, 0) is 26.0 Å². The number of aliphatic hydroxyl groups is 1. The largest absolute Gasteiger partial charge is 0.390 e. The van der Waals surface area contributed by atoms with Crippen LogP contribution in [-0.2, 0) is 4.79 Å². The molecule has 1 N–H and O–H groups in total. The first-order chi connectivity index (χ1) is 7.91. The van der Waals surface area contributed by atoms with E-state index in [1.807, 2.05) is 30.3 Å². The molecule has 90 valence electrons. The number of para-hydroxylation sites is 1. The van der Waals surface area contributed by atoms with E-state index in [1.165, 1.54) is 0 Å². The first-order valence-electron chi connectivity index (χ1n) is 5.69. The number of carbonyl (C=O) groups excluding carboxylic acids is 1. The lowest BCUT2D eigenvalue weighted by Crippen LogP contribution is -2.34. The second-order valence-electron chi connectivity index (χ2n) is 4.98. The molecule has 1 amide bonds. The minimum absolute atomic E-state index is 0.0941. The highest BCUT2D eigenvalue weighted by Gasteiger charge is 2.42. The maximum absolute atomic E-state index is 12.1. The number of anilines is 1. The van der Waals surface area contributed by atoms with Crippen LogP contribution in [0.3, 0.4) is 0 Å². The third-order valence-electron chi connectivity index (χ3n) is 3.23. The van der Waals surface area contributed by atoms with Crippen LogP contribution < -0.4 is 4.90 Å². The number of carbonyl (C=O) groups is 1. The van der Waals surface area contributed by atoms with E-state index in [2.05, 4.69) is 6.58 Å². The van der Waals surface area contributed by atoms with Crippen molar-refractivity contribution in [3.63, 3.8) is 0 Å². The van der Waals surface area contributed by atoms with Gasteiger partial charge in [-0.2, -0.15) is 0 Å². The molecule has 0 radical (unpaired) electrons. The maximum atomic E-state index is 12.1. The van der Waals surface area contributed by atoms with Crippen LogP contribution in [0.4, 0.5) is 5.69 Å². The van der Waals surface area contributed by atoms with Crippen LogP contribution in [0.1, 0.15) is 13.8 Å². The van der Waals surface area contributed by atoms with Gasteiger partial charge in [0.2, 0.25) is 0 Å². The molecule has 3 nitrogen and oxygen atoms in total. The van der Waals surface area contributed by atoms with Gasteiger partial charge in [0.05, 0.1) is 5.60 Å². The smallest absolute Gasteiger partial charge is 0.254 e. The number of nitrogens with zero attached hydrogens (tertiary/aromatic N) is 1. The van der Waals surface area contributed by atoms with E-state index >= 15 is 0 Å². The molecule has 1 saturated heterocycles. The molecule has 1 fully saturated rings. The lowest BCUT2D eigenvalue weighted by molar-refractivity contribution is -0.114. The highest BCUT2D eigenvalue weighted by molar-refractivity contribution is 6.08. The van der Waals surface area contributed by atoms with Gasteiger partial charge in [0.25, 0.3) is 5.91 Å². The Bertz CT molecular complexity index is 445. The number of hydrogen-bond donors (Lipinski definition) is 1. The van der Waals surface area contributed by atoms with Crippen molar-refractivity contribution >= 4 is 11.6 Å².